The van der Waals surface area contributed by atoms with Crippen LogP contribution in [0.15, 0.2) is 0 Å². The molecule has 2 rings (SSSR count). The van der Waals surface area contributed by atoms with Crippen molar-refractivity contribution in [3.63, 3.8) is 0 Å². The van der Waals surface area contributed by atoms with Crippen LogP contribution in [0.5, 0.6) is 0 Å². The smallest absolute Gasteiger partial charge is 0.0469 e. The SMILES string of the molecule is CC(C)(NCC1CCOCC1)C1CC1. The Bertz CT molecular complexity index is 181. The first-order valence-corrected chi connectivity index (χ1v) is 6.01. The maximum Gasteiger partial charge on any atom is 0.0469 e. The van der Waals surface area contributed by atoms with Gasteiger partial charge < -0.3 is 10.1 Å². The summed E-state index contributed by atoms with van der Waals surface area (Å²) >= 11 is 0. The normalized spacial score (nSPS) is 25.3. The van der Waals surface area contributed by atoms with Crippen molar-refractivity contribution in [2.45, 2.75) is 45.1 Å². The summed E-state index contributed by atoms with van der Waals surface area (Å²) in [6.07, 6.45) is 5.34. The van der Waals surface area contributed by atoms with Gasteiger partial charge >= 0.3 is 0 Å². The van der Waals surface area contributed by atoms with Gasteiger partial charge in [-0.1, -0.05) is 0 Å². The average molecular weight is 197 g/mol. The van der Waals surface area contributed by atoms with Crippen molar-refractivity contribution in [2.75, 3.05) is 19.8 Å². The molecule has 0 aromatic rings. The zero-order chi connectivity index (χ0) is 10.0. The van der Waals surface area contributed by atoms with E-state index in [1.807, 2.05) is 0 Å². The van der Waals surface area contributed by atoms with E-state index in [0.717, 1.165) is 25.0 Å². The molecule has 1 N–H and O–H groups in total. The molecule has 0 aromatic carbocycles. The van der Waals surface area contributed by atoms with Crippen LogP contribution < -0.4 is 5.32 Å². The van der Waals surface area contributed by atoms with Gasteiger partial charge in [-0.05, 0) is 57.9 Å². The molecule has 1 aliphatic heterocycles. The second-order valence-electron chi connectivity index (χ2n) is 5.43. The Kier molecular flexibility index (Phi) is 3.13. The predicted molar refractivity (Wildman–Crippen MR) is 58.3 cm³/mol. The second kappa shape index (κ2) is 4.19. The minimum atomic E-state index is 0.373. The lowest BCUT2D eigenvalue weighted by Gasteiger charge is -2.30. The molecular weight excluding hydrogens is 174 g/mol. The molecule has 0 amide bonds. The van der Waals surface area contributed by atoms with Crippen molar-refractivity contribution in [2.24, 2.45) is 11.8 Å². The van der Waals surface area contributed by atoms with E-state index in [9.17, 15) is 0 Å². The van der Waals surface area contributed by atoms with Gasteiger partial charge in [-0.3, -0.25) is 0 Å². The van der Waals surface area contributed by atoms with Crippen LogP contribution in [0, 0.1) is 11.8 Å². The van der Waals surface area contributed by atoms with Gasteiger partial charge in [0.1, 0.15) is 0 Å². The Labute approximate surface area is 87.4 Å². The lowest BCUT2D eigenvalue weighted by atomic mass is 9.95. The van der Waals surface area contributed by atoms with Crippen LogP contribution in [0.1, 0.15) is 39.5 Å². The van der Waals surface area contributed by atoms with Gasteiger partial charge in [-0.15, -0.1) is 0 Å². The molecule has 1 saturated carbocycles. The van der Waals surface area contributed by atoms with E-state index in [1.54, 1.807) is 0 Å². The molecule has 14 heavy (non-hydrogen) atoms. The third-order valence-corrected chi connectivity index (χ3v) is 3.79. The standard InChI is InChI=1S/C12H23NO/c1-12(2,11-3-4-11)13-9-10-5-7-14-8-6-10/h10-11,13H,3-9H2,1-2H3. The highest BCUT2D eigenvalue weighted by atomic mass is 16.5. The Balaban J connectivity index is 1.69. The number of nitrogens with one attached hydrogen (secondary N) is 1. The molecule has 2 aliphatic rings. The Morgan fingerprint density at radius 1 is 1.14 bits per heavy atom. The van der Waals surface area contributed by atoms with Crippen LogP contribution in [-0.2, 0) is 4.74 Å². The van der Waals surface area contributed by atoms with Gasteiger partial charge in [0.2, 0.25) is 0 Å². The summed E-state index contributed by atoms with van der Waals surface area (Å²) in [4.78, 5) is 0. The molecule has 1 aliphatic carbocycles. The van der Waals surface area contributed by atoms with Crippen LogP contribution >= 0.6 is 0 Å². The fraction of sp³-hybridized carbons (Fsp3) is 1.00. The summed E-state index contributed by atoms with van der Waals surface area (Å²) in [6, 6.07) is 0. The molecule has 0 spiro atoms. The lowest BCUT2D eigenvalue weighted by Crippen LogP contribution is -2.44. The largest absolute Gasteiger partial charge is 0.381 e. The van der Waals surface area contributed by atoms with E-state index in [0.29, 0.717) is 5.54 Å². The zero-order valence-corrected chi connectivity index (χ0v) is 9.51. The van der Waals surface area contributed by atoms with Crippen LogP contribution in [0.25, 0.3) is 0 Å². The third-order valence-electron chi connectivity index (χ3n) is 3.79. The Morgan fingerprint density at radius 2 is 1.79 bits per heavy atom. The van der Waals surface area contributed by atoms with E-state index >= 15 is 0 Å². The summed E-state index contributed by atoms with van der Waals surface area (Å²) < 4.78 is 5.36. The van der Waals surface area contributed by atoms with Crippen molar-refractivity contribution in [3.05, 3.63) is 0 Å². The maximum absolute atomic E-state index is 5.36. The van der Waals surface area contributed by atoms with Crippen molar-refractivity contribution in [3.8, 4) is 0 Å². The highest BCUT2D eigenvalue weighted by Crippen LogP contribution is 2.39. The minimum absolute atomic E-state index is 0.373. The third kappa shape index (κ3) is 2.71. The molecule has 1 heterocycles. The zero-order valence-electron chi connectivity index (χ0n) is 9.51. The number of ether oxygens (including phenoxy) is 1. The predicted octanol–water partition coefficient (Wildman–Crippen LogP) is 2.19. The molecule has 82 valence electrons. The Morgan fingerprint density at radius 3 is 2.36 bits per heavy atom. The first-order chi connectivity index (χ1) is 6.68. The molecular formula is C12H23NO. The number of hydrogen-bond donors (Lipinski definition) is 1. The lowest BCUT2D eigenvalue weighted by molar-refractivity contribution is 0.0635. The van der Waals surface area contributed by atoms with Crippen LogP contribution in [0.4, 0.5) is 0 Å². The van der Waals surface area contributed by atoms with E-state index in [-0.39, 0.29) is 0 Å². The second-order valence-corrected chi connectivity index (χ2v) is 5.43. The van der Waals surface area contributed by atoms with Gasteiger partial charge in [0.25, 0.3) is 0 Å². The van der Waals surface area contributed by atoms with Crippen molar-refractivity contribution < 1.29 is 4.74 Å². The first-order valence-electron chi connectivity index (χ1n) is 6.01. The topological polar surface area (TPSA) is 21.3 Å². The molecule has 2 heteroatoms. The fourth-order valence-corrected chi connectivity index (χ4v) is 2.31. The summed E-state index contributed by atoms with van der Waals surface area (Å²) in [5.74, 6) is 1.78. The van der Waals surface area contributed by atoms with Crippen LogP contribution in [-0.4, -0.2) is 25.3 Å². The quantitative estimate of drug-likeness (QED) is 0.746. The van der Waals surface area contributed by atoms with Crippen molar-refractivity contribution >= 4 is 0 Å². The molecule has 0 aromatic heterocycles. The van der Waals surface area contributed by atoms with E-state index in [1.165, 1.54) is 32.2 Å². The minimum Gasteiger partial charge on any atom is -0.381 e. The number of rotatable bonds is 4. The summed E-state index contributed by atoms with van der Waals surface area (Å²) in [7, 11) is 0. The summed E-state index contributed by atoms with van der Waals surface area (Å²) in [5.41, 5.74) is 0.373. The molecule has 0 radical (unpaired) electrons. The van der Waals surface area contributed by atoms with E-state index in [2.05, 4.69) is 19.2 Å². The van der Waals surface area contributed by atoms with Gasteiger partial charge in [0.05, 0.1) is 0 Å². The molecule has 0 unspecified atom stereocenters. The highest BCUT2D eigenvalue weighted by Gasteiger charge is 2.37. The van der Waals surface area contributed by atoms with Gasteiger partial charge in [0.15, 0.2) is 0 Å². The van der Waals surface area contributed by atoms with Gasteiger partial charge in [-0.2, -0.15) is 0 Å². The van der Waals surface area contributed by atoms with Crippen molar-refractivity contribution in [1.29, 1.82) is 0 Å². The molecule has 2 nitrogen and oxygen atoms in total. The fourth-order valence-electron chi connectivity index (χ4n) is 2.31. The van der Waals surface area contributed by atoms with Crippen molar-refractivity contribution in [1.82, 2.24) is 5.32 Å². The summed E-state index contributed by atoms with van der Waals surface area (Å²) in [5, 5.41) is 3.74. The summed E-state index contributed by atoms with van der Waals surface area (Å²) in [6.45, 7) is 7.83. The molecule has 1 saturated heterocycles. The van der Waals surface area contributed by atoms with Gasteiger partial charge in [-0.25, -0.2) is 0 Å². The van der Waals surface area contributed by atoms with Crippen LogP contribution in [0.2, 0.25) is 0 Å². The highest BCUT2D eigenvalue weighted by molar-refractivity contribution is 4.94. The van der Waals surface area contributed by atoms with Crippen LogP contribution in [0.3, 0.4) is 0 Å². The van der Waals surface area contributed by atoms with E-state index in [4.69, 9.17) is 4.74 Å². The average Bonchev–Trinajstić information content (AvgIpc) is 3.00. The first kappa shape index (κ1) is 10.4. The maximum atomic E-state index is 5.36. The molecule has 0 bridgehead atoms. The molecule has 0 atom stereocenters. The van der Waals surface area contributed by atoms with Gasteiger partial charge in [0, 0.05) is 18.8 Å². The Hall–Kier alpha value is -0.0800. The number of hydrogen-bond acceptors (Lipinski definition) is 2. The monoisotopic (exact) mass is 197 g/mol. The van der Waals surface area contributed by atoms with E-state index < -0.39 is 0 Å². The molecule has 2 fully saturated rings.